The van der Waals surface area contributed by atoms with Gasteiger partial charge in [-0.2, -0.15) is 0 Å². The average Bonchev–Trinajstić information content (AvgIpc) is 2.71. The van der Waals surface area contributed by atoms with Crippen LogP contribution in [-0.4, -0.2) is 75.3 Å². The molecule has 0 spiro atoms. The minimum Gasteiger partial charge on any atom is -0.379 e. The number of ether oxygens (including phenoxy) is 1. The van der Waals surface area contributed by atoms with Gasteiger partial charge in [-0.15, -0.1) is 0 Å². The molecule has 1 aromatic carbocycles. The summed E-state index contributed by atoms with van der Waals surface area (Å²) in [6, 6.07) is 8.70. The lowest BCUT2D eigenvalue weighted by molar-refractivity contribution is 0.0341. The predicted octanol–water partition coefficient (Wildman–Crippen LogP) is 2.16. The Morgan fingerprint density at radius 2 is 1.72 bits per heavy atom. The Hall–Kier alpha value is -1.63. The maximum atomic E-state index is 5.47. The molecular weight excluding hydrogens is 362 g/mol. The first-order valence-corrected chi connectivity index (χ1v) is 11.2. The summed E-state index contributed by atoms with van der Waals surface area (Å²) < 4.78 is 5.47. The van der Waals surface area contributed by atoms with Crippen LogP contribution >= 0.6 is 0 Å². The summed E-state index contributed by atoms with van der Waals surface area (Å²) in [7, 11) is 1.85. The molecule has 2 fully saturated rings. The second-order valence-electron chi connectivity index (χ2n) is 8.72. The van der Waals surface area contributed by atoms with E-state index in [0.29, 0.717) is 0 Å². The molecule has 6 nitrogen and oxygen atoms in total. The van der Waals surface area contributed by atoms with Gasteiger partial charge in [0.25, 0.3) is 0 Å². The zero-order valence-corrected chi connectivity index (χ0v) is 18.5. The van der Waals surface area contributed by atoms with E-state index in [-0.39, 0.29) is 0 Å². The Balaban J connectivity index is 1.44. The number of guanidine groups is 1. The van der Waals surface area contributed by atoms with Crippen LogP contribution in [0.4, 0.5) is 0 Å². The number of rotatable bonds is 7. The Morgan fingerprint density at radius 1 is 1.03 bits per heavy atom. The van der Waals surface area contributed by atoms with Gasteiger partial charge < -0.3 is 20.3 Å². The van der Waals surface area contributed by atoms with Crippen LogP contribution in [0, 0.1) is 11.8 Å². The normalized spacial score (nSPS) is 24.4. The van der Waals surface area contributed by atoms with Crippen LogP contribution in [0.3, 0.4) is 0 Å². The minimum atomic E-state index is 0.790. The van der Waals surface area contributed by atoms with Crippen molar-refractivity contribution >= 4 is 5.96 Å². The van der Waals surface area contributed by atoms with Crippen molar-refractivity contribution in [1.29, 1.82) is 0 Å². The molecule has 1 aromatic rings. The number of hydrogen-bond donors (Lipinski definition) is 2. The molecule has 2 unspecified atom stereocenters. The highest BCUT2D eigenvalue weighted by atomic mass is 16.5. The number of nitrogens with zero attached hydrogens (tertiary/aromatic N) is 3. The van der Waals surface area contributed by atoms with Crippen LogP contribution in [0.1, 0.15) is 31.4 Å². The molecule has 0 saturated carbocycles. The largest absolute Gasteiger partial charge is 0.379 e. The highest BCUT2D eigenvalue weighted by Crippen LogP contribution is 2.20. The second kappa shape index (κ2) is 11.5. The van der Waals surface area contributed by atoms with Crippen LogP contribution in [0.25, 0.3) is 0 Å². The maximum absolute atomic E-state index is 5.47. The predicted molar refractivity (Wildman–Crippen MR) is 120 cm³/mol. The van der Waals surface area contributed by atoms with Crippen molar-refractivity contribution in [2.75, 3.05) is 59.5 Å². The van der Waals surface area contributed by atoms with Crippen molar-refractivity contribution < 1.29 is 4.74 Å². The van der Waals surface area contributed by atoms with E-state index in [0.717, 1.165) is 70.3 Å². The highest BCUT2D eigenvalue weighted by Gasteiger charge is 2.21. The SMILES string of the molecule is CN=C(NCCN1CC(C)CC(C)C1)NCc1ccccc1CN1CCOCC1. The molecular formula is C23H39N5O. The standard InChI is InChI=1S/C23H39N5O/c1-19-14-20(2)17-28(16-19)9-8-25-23(24-3)26-15-21-6-4-5-7-22(21)18-27-10-12-29-13-11-27/h4-7,19-20H,8-18H2,1-3H3,(H2,24,25,26). The van der Waals surface area contributed by atoms with Crippen LogP contribution in [0.5, 0.6) is 0 Å². The first-order valence-electron chi connectivity index (χ1n) is 11.2. The number of nitrogens with one attached hydrogen (secondary N) is 2. The fourth-order valence-corrected chi connectivity index (χ4v) is 4.59. The lowest BCUT2D eigenvalue weighted by Crippen LogP contribution is -2.45. The molecule has 2 aliphatic rings. The number of likely N-dealkylation sites (tertiary alicyclic amines) is 1. The lowest BCUT2D eigenvalue weighted by atomic mass is 9.92. The van der Waals surface area contributed by atoms with E-state index >= 15 is 0 Å². The summed E-state index contributed by atoms with van der Waals surface area (Å²) >= 11 is 0. The molecule has 2 saturated heterocycles. The van der Waals surface area contributed by atoms with Crippen LogP contribution < -0.4 is 10.6 Å². The first kappa shape index (κ1) is 22.1. The molecule has 0 radical (unpaired) electrons. The summed E-state index contributed by atoms with van der Waals surface area (Å²) in [5.74, 6) is 2.49. The van der Waals surface area contributed by atoms with Gasteiger partial charge >= 0.3 is 0 Å². The monoisotopic (exact) mass is 401 g/mol. The maximum Gasteiger partial charge on any atom is 0.191 e. The molecule has 0 bridgehead atoms. The Bertz CT molecular complexity index is 634. The third kappa shape index (κ3) is 7.28. The van der Waals surface area contributed by atoms with E-state index in [1.807, 2.05) is 7.05 Å². The summed E-state index contributed by atoms with van der Waals surface area (Å²) in [5.41, 5.74) is 2.72. The van der Waals surface area contributed by atoms with Gasteiger partial charge in [0, 0.05) is 59.4 Å². The fourth-order valence-electron chi connectivity index (χ4n) is 4.59. The van der Waals surface area contributed by atoms with Crippen molar-refractivity contribution in [3.05, 3.63) is 35.4 Å². The quantitative estimate of drug-likeness (QED) is 0.542. The topological polar surface area (TPSA) is 52.1 Å². The molecule has 2 heterocycles. The zero-order chi connectivity index (χ0) is 20.5. The van der Waals surface area contributed by atoms with Crippen molar-refractivity contribution in [3.63, 3.8) is 0 Å². The number of benzene rings is 1. The summed E-state index contributed by atoms with van der Waals surface area (Å²) in [5, 5.41) is 6.98. The number of aliphatic imine (C=N–C) groups is 1. The van der Waals surface area contributed by atoms with E-state index in [2.05, 4.69) is 63.5 Å². The molecule has 2 N–H and O–H groups in total. The van der Waals surface area contributed by atoms with Crippen molar-refractivity contribution in [1.82, 2.24) is 20.4 Å². The summed E-state index contributed by atoms with van der Waals surface area (Å²) in [6.07, 6.45) is 1.36. The Morgan fingerprint density at radius 3 is 2.41 bits per heavy atom. The van der Waals surface area contributed by atoms with Crippen LogP contribution in [0.15, 0.2) is 29.3 Å². The first-order chi connectivity index (χ1) is 14.1. The molecule has 29 heavy (non-hydrogen) atoms. The number of morpholine rings is 1. The van der Waals surface area contributed by atoms with Gasteiger partial charge in [0.05, 0.1) is 13.2 Å². The summed E-state index contributed by atoms with van der Waals surface area (Å²) in [6.45, 7) is 14.6. The highest BCUT2D eigenvalue weighted by molar-refractivity contribution is 5.79. The van der Waals surface area contributed by atoms with Gasteiger partial charge in [-0.1, -0.05) is 38.1 Å². The number of piperidine rings is 1. The minimum absolute atomic E-state index is 0.790. The number of hydrogen-bond acceptors (Lipinski definition) is 4. The molecule has 2 aliphatic heterocycles. The van der Waals surface area contributed by atoms with Gasteiger partial charge in [0.15, 0.2) is 5.96 Å². The average molecular weight is 402 g/mol. The van der Waals surface area contributed by atoms with E-state index < -0.39 is 0 Å². The van der Waals surface area contributed by atoms with E-state index in [9.17, 15) is 0 Å². The van der Waals surface area contributed by atoms with Crippen LogP contribution in [-0.2, 0) is 17.8 Å². The molecule has 0 aromatic heterocycles. The molecule has 3 rings (SSSR count). The van der Waals surface area contributed by atoms with Gasteiger partial charge in [-0.05, 0) is 29.4 Å². The van der Waals surface area contributed by atoms with Crippen molar-refractivity contribution in [2.45, 2.75) is 33.4 Å². The fraction of sp³-hybridized carbons (Fsp3) is 0.696. The van der Waals surface area contributed by atoms with E-state index in [1.54, 1.807) is 0 Å². The van der Waals surface area contributed by atoms with Gasteiger partial charge in [0.2, 0.25) is 0 Å². The van der Waals surface area contributed by atoms with E-state index in [4.69, 9.17) is 4.74 Å². The van der Waals surface area contributed by atoms with Crippen molar-refractivity contribution in [2.24, 2.45) is 16.8 Å². The van der Waals surface area contributed by atoms with Gasteiger partial charge in [-0.3, -0.25) is 9.89 Å². The van der Waals surface area contributed by atoms with Crippen LogP contribution in [0.2, 0.25) is 0 Å². The Labute approximate surface area is 176 Å². The van der Waals surface area contributed by atoms with Gasteiger partial charge in [0.1, 0.15) is 0 Å². The van der Waals surface area contributed by atoms with Crippen molar-refractivity contribution in [3.8, 4) is 0 Å². The molecule has 0 aliphatic carbocycles. The molecule has 0 amide bonds. The molecule has 162 valence electrons. The third-order valence-electron chi connectivity index (χ3n) is 5.95. The lowest BCUT2D eigenvalue weighted by Gasteiger charge is -2.35. The smallest absolute Gasteiger partial charge is 0.191 e. The molecule has 6 heteroatoms. The zero-order valence-electron chi connectivity index (χ0n) is 18.5. The molecule has 2 atom stereocenters. The third-order valence-corrected chi connectivity index (χ3v) is 5.95. The summed E-state index contributed by atoms with van der Waals surface area (Å²) in [4.78, 5) is 9.46. The Kier molecular flexibility index (Phi) is 8.77. The van der Waals surface area contributed by atoms with E-state index in [1.165, 1.54) is 30.6 Å². The van der Waals surface area contributed by atoms with Gasteiger partial charge in [-0.25, -0.2) is 0 Å². The second-order valence-corrected chi connectivity index (χ2v) is 8.72.